The highest BCUT2D eigenvalue weighted by Crippen LogP contribution is 2.26. The number of nitrogens with one attached hydrogen (secondary N) is 2. The summed E-state index contributed by atoms with van der Waals surface area (Å²) in [6, 6.07) is 15.4. The highest BCUT2D eigenvalue weighted by Gasteiger charge is 2.44. The monoisotopic (exact) mass is 426 g/mol. The van der Waals surface area contributed by atoms with E-state index in [0.717, 1.165) is 9.80 Å². The number of carbonyl (C=O) groups is 2. The smallest absolute Gasteiger partial charge is 0.325 e. The van der Waals surface area contributed by atoms with Crippen LogP contribution in [-0.4, -0.2) is 45.9 Å². The van der Waals surface area contributed by atoms with Crippen molar-refractivity contribution in [3.8, 4) is 17.6 Å². The third-order valence-corrected chi connectivity index (χ3v) is 5.70. The summed E-state index contributed by atoms with van der Waals surface area (Å²) in [5, 5.41) is 20.9. The van der Waals surface area contributed by atoms with Crippen molar-refractivity contribution >= 4 is 23.7 Å². The number of nitrogens with zero attached hydrogens (tertiary/aromatic N) is 2. The molecular formula is C21H22N4O4S. The zero-order valence-electron chi connectivity index (χ0n) is 16.6. The van der Waals surface area contributed by atoms with Gasteiger partial charge in [0, 0.05) is 17.2 Å². The molecule has 0 radical (unpaired) electrons. The molecule has 9 heteroatoms. The van der Waals surface area contributed by atoms with E-state index in [1.165, 1.54) is 11.8 Å². The van der Waals surface area contributed by atoms with E-state index in [-0.39, 0.29) is 12.5 Å². The van der Waals surface area contributed by atoms with Crippen molar-refractivity contribution in [1.29, 1.82) is 5.26 Å². The fraction of sp³-hybridized carbons (Fsp3) is 0.286. The number of carbonyl (C=O) groups excluding carboxylic acids is 2. The van der Waals surface area contributed by atoms with Crippen LogP contribution in [0.5, 0.6) is 11.5 Å². The van der Waals surface area contributed by atoms with Crippen LogP contribution in [0.3, 0.4) is 0 Å². The van der Waals surface area contributed by atoms with Crippen LogP contribution in [-0.2, 0) is 4.79 Å². The number of urea groups is 1. The second-order valence-electron chi connectivity index (χ2n) is 7.32. The van der Waals surface area contributed by atoms with E-state index in [4.69, 9.17) is 10.00 Å². The fourth-order valence-corrected chi connectivity index (χ4v) is 3.77. The first-order valence-corrected chi connectivity index (χ1v) is 10.3. The van der Waals surface area contributed by atoms with Gasteiger partial charge in [-0.05, 0) is 62.4 Å². The Bertz CT molecular complexity index is 954. The first-order chi connectivity index (χ1) is 14.3. The Morgan fingerprint density at radius 3 is 2.27 bits per heavy atom. The van der Waals surface area contributed by atoms with Gasteiger partial charge in [-0.15, -0.1) is 11.8 Å². The summed E-state index contributed by atoms with van der Waals surface area (Å²) in [5.41, 5.74) is 1.81. The van der Waals surface area contributed by atoms with Gasteiger partial charge in [-0.1, -0.05) is 0 Å². The predicted octanol–water partition coefficient (Wildman–Crippen LogP) is 3.12. The number of imide groups is 1. The van der Waals surface area contributed by atoms with Crippen LogP contribution >= 0.6 is 11.8 Å². The summed E-state index contributed by atoms with van der Waals surface area (Å²) in [5.74, 6) is 1.42. The van der Waals surface area contributed by atoms with Crippen LogP contribution in [0.25, 0.3) is 0 Å². The molecule has 0 spiro atoms. The normalized spacial score (nSPS) is 16.1. The topological polar surface area (TPSA) is 115 Å². The second-order valence-corrected chi connectivity index (χ2v) is 8.41. The van der Waals surface area contributed by atoms with E-state index < -0.39 is 17.6 Å². The van der Waals surface area contributed by atoms with Crippen LogP contribution in [0, 0.1) is 11.3 Å². The number of thioether (sulfide) groups is 1. The van der Waals surface area contributed by atoms with Gasteiger partial charge in [0.15, 0.2) is 0 Å². The second kappa shape index (κ2) is 9.17. The lowest BCUT2D eigenvalue weighted by Crippen LogP contribution is -2.45. The first-order valence-electron chi connectivity index (χ1n) is 9.27. The van der Waals surface area contributed by atoms with Gasteiger partial charge in [-0.25, -0.2) is 4.79 Å². The van der Waals surface area contributed by atoms with Crippen LogP contribution < -0.4 is 15.5 Å². The maximum absolute atomic E-state index is 12.3. The number of benzene rings is 2. The van der Waals surface area contributed by atoms with Crippen molar-refractivity contribution in [2.75, 3.05) is 12.3 Å². The molecule has 0 aliphatic carbocycles. The molecule has 1 fully saturated rings. The van der Waals surface area contributed by atoms with Gasteiger partial charge in [0.25, 0.3) is 5.91 Å². The third-order valence-electron chi connectivity index (χ3n) is 4.52. The molecule has 1 unspecified atom stereocenters. The van der Waals surface area contributed by atoms with Gasteiger partial charge >= 0.3 is 6.03 Å². The number of amides is 3. The molecule has 30 heavy (non-hydrogen) atoms. The van der Waals surface area contributed by atoms with Gasteiger partial charge in [0.05, 0.1) is 17.7 Å². The summed E-state index contributed by atoms with van der Waals surface area (Å²) in [4.78, 5) is 26.3. The highest BCUT2D eigenvalue weighted by atomic mass is 32.2. The molecule has 0 aromatic heterocycles. The van der Waals surface area contributed by atoms with E-state index in [1.54, 1.807) is 38.1 Å². The average Bonchev–Trinajstić information content (AvgIpc) is 2.93. The van der Waals surface area contributed by atoms with Crippen molar-refractivity contribution in [3.63, 3.8) is 0 Å². The molecule has 156 valence electrons. The first kappa shape index (κ1) is 21.6. The molecule has 2 aromatic carbocycles. The van der Waals surface area contributed by atoms with E-state index in [9.17, 15) is 14.8 Å². The van der Waals surface area contributed by atoms with Crippen molar-refractivity contribution in [2.24, 2.45) is 0 Å². The van der Waals surface area contributed by atoms with Crippen LogP contribution in [0.4, 0.5) is 4.79 Å². The molecule has 3 amide bonds. The molecule has 1 heterocycles. The lowest BCUT2D eigenvalue weighted by molar-refractivity contribution is -0.130. The number of hydrogen-bond donors (Lipinski definition) is 3. The van der Waals surface area contributed by atoms with E-state index in [2.05, 4.69) is 16.9 Å². The summed E-state index contributed by atoms with van der Waals surface area (Å²) < 4.78 is 5.75. The molecule has 1 saturated heterocycles. The third kappa shape index (κ3) is 5.10. The van der Waals surface area contributed by atoms with Crippen LogP contribution in [0.15, 0.2) is 53.4 Å². The molecule has 3 N–H and O–H groups in total. The van der Waals surface area contributed by atoms with Crippen LogP contribution in [0.1, 0.15) is 19.4 Å². The molecule has 0 bridgehead atoms. The van der Waals surface area contributed by atoms with Gasteiger partial charge in [-0.2, -0.15) is 10.7 Å². The Morgan fingerprint density at radius 2 is 1.77 bits per heavy atom. The molecule has 3 rings (SSSR count). The van der Waals surface area contributed by atoms with Crippen molar-refractivity contribution in [3.05, 3.63) is 54.1 Å². The minimum absolute atomic E-state index is 0.0669. The Hall–Kier alpha value is -3.06. The maximum Gasteiger partial charge on any atom is 0.325 e. The van der Waals surface area contributed by atoms with Gasteiger partial charge < -0.3 is 15.3 Å². The Morgan fingerprint density at radius 1 is 1.17 bits per heavy atom. The van der Waals surface area contributed by atoms with Crippen molar-refractivity contribution < 1.29 is 19.5 Å². The average molecular weight is 426 g/mol. The number of hydroxylamine groups is 1. The van der Waals surface area contributed by atoms with E-state index >= 15 is 0 Å². The molecule has 8 nitrogen and oxygen atoms in total. The molecule has 1 atom stereocenters. The quantitative estimate of drug-likeness (QED) is 0.337. The zero-order valence-corrected chi connectivity index (χ0v) is 17.4. The largest absolute Gasteiger partial charge is 0.457 e. The zero-order chi connectivity index (χ0) is 21.7. The minimum Gasteiger partial charge on any atom is -0.457 e. The molecule has 1 aliphatic heterocycles. The van der Waals surface area contributed by atoms with Crippen molar-refractivity contribution in [1.82, 2.24) is 15.7 Å². The number of rotatable bonds is 8. The molecular weight excluding hydrogens is 404 g/mol. The SMILES string of the molecule is CC1(C)NC(=O)N(CC(CSc2ccc(Oc3ccc(C#N)cc3)cc2)NO)C1=O. The van der Waals surface area contributed by atoms with Gasteiger partial charge in [-0.3, -0.25) is 9.69 Å². The Kier molecular flexibility index (Phi) is 6.62. The summed E-state index contributed by atoms with van der Waals surface area (Å²) >= 11 is 1.47. The number of nitriles is 1. The van der Waals surface area contributed by atoms with E-state index in [0.29, 0.717) is 22.8 Å². The van der Waals surface area contributed by atoms with E-state index in [1.807, 2.05) is 24.3 Å². The summed E-state index contributed by atoms with van der Waals surface area (Å²) in [6.45, 7) is 3.35. The number of hydrogen-bond acceptors (Lipinski definition) is 7. The standard InChI is InChI=1S/C21H22N4O4S/c1-21(2)19(26)25(20(27)23-21)12-15(24-28)13-30-18-9-7-17(8-10-18)29-16-5-3-14(11-22)4-6-16/h3-10,15,24,28H,12-13H2,1-2H3,(H,23,27). The Balaban J connectivity index is 1.54. The molecule has 0 saturated carbocycles. The summed E-state index contributed by atoms with van der Waals surface area (Å²) in [6.07, 6.45) is 0. The lowest BCUT2D eigenvalue weighted by Gasteiger charge is -2.21. The Labute approximate surface area is 178 Å². The lowest BCUT2D eigenvalue weighted by atomic mass is 10.1. The van der Waals surface area contributed by atoms with Crippen LogP contribution in [0.2, 0.25) is 0 Å². The number of ether oxygens (including phenoxy) is 1. The minimum atomic E-state index is -0.936. The fourth-order valence-electron chi connectivity index (χ4n) is 2.87. The summed E-state index contributed by atoms with van der Waals surface area (Å²) in [7, 11) is 0. The molecule has 1 aliphatic rings. The maximum atomic E-state index is 12.3. The predicted molar refractivity (Wildman–Crippen MR) is 111 cm³/mol. The molecule has 2 aromatic rings. The highest BCUT2D eigenvalue weighted by molar-refractivity contribution is 7.99. The van der Waals surface area contributed by atoms with Crippen molar-refractivity contribution in [2.45, 2.75) is 30.3 Å². The van der Waals surface area contributed by atoms with Gasteiger partial charge in [0.1, 0.15) is 17.0 Å². The van der Waals surface area contributed by atoms with Gasteiger partial charge in [0.2, 0.25) is 0 Å².